The summed E-state index contributed by atoms with van der Waals surface area (Å²) in [6.45, 7) is -0.640. The van der Waals surface area contributed by atoms with Gasteiger partial charge < -0.3 is 0 Å². The van der Waals surface area contributed by atoms with E-state index in [2.05, 4.69) is 0 Å². The van der Waals surface area contributed by atoms with Crippen LogP contribution in [0.5, 0.6) is 0 Å². The van der Waals surface area contributed by atoms with E-state index in [1.165, 1.54) is 0 Å². The second kappa shape index (κ2) is 14.2. The number of hydrogen-bond donors (Lipinski definition) is 0. The number of hydrogen-bond acceptors (Lipinski definition) is 0. The van der Waals surface area contributed by atoms with E-state index in [4.69, 9.17) is 244 Å². The maximum atomic E-state index is 11.5. The van der Waals surface area contributed by atoms with Gasteiger partial charge in [-0.25, -0.2) is 5.11 Å². The highest BCUT2D eigenvalue weighted by Crippen LogP contribution is 2.66. The monoisotopic (exact) mass is 974 g/mol. The highest BCUT2D eigenvalue weighted by Gasteiger charge is 2.66. The van der Waals surface area contributed by atoms with Gasteiger partial charge in [0.1, 0.15) is 0 Å². The smallest absolute Gasteiger partial charge is 0.226 e. The fourth-order valence-corrected chi connectivity index (χ4v) is 7.50. The van der Waals surface area contributed by atoms with Crippen molar-refractivity contribution < 1.29 is 5.11 Å². The third-order valence-electron chi connectivity index (χ3n) is 5.11. The summed E-state index contributed by atoms with van der Waals surface area (Å²) >= 11 is 132. The lowest BCUT2D eigenvalue weighted by Crippen LogP contribution is -2.49. The van der Waals surface area contributed by atoms with Gasteiger partial charge in [0, 0.05) is 0 Å². The fourth-order valence-electron chi connectivity index (χ4n) is 2.99. The summed E-state index contributed by atoms with van der Waals surface area (Å²) in [6, 6.07) is 2.11. The molecular formula is C18H8Cl21O. The first-order valence-corrected chi connectivity index (χ1v) is 17.5. The summed E-state index contributed by atoms with van der Waals surface area (Å²) in [5.74, 6) is 0. The Kier molecular flexibility index (Phi) is 15.4. The van der Waals surface area contributed by atoms with Crippen molar-refractivity contribution in [2.24, 2.45) is 0 Å². The summed E-state index contributed by atoms with van der Waals surface area (Å²) in [7, 11) is 0. The molecule has 0 spiro atoms. The molecule has 0 unspecified atom stereocenters. The molecule has 1 aromatic carbocycles. The van der Waals surface area contributed by atoms with E-state index >= 15 is 0 Å². The highest BCUT2D eigenvalue weighted by molar-refractivity contribution is 6.80. The van der Waals surface area contributed by atoms with E-state index in [0.717, 1.165) is 12.1 Å². The Balaban J connectivity index is 4.53. The molecule has 22 heteroatoms. The Labute approximate surface area is 335 Å². The van der Waals surface area contributed by atoms with Gasteiger partial charge in [0.15, 0.2) is 13.0 Å². The number of halogens is 21. The average molecular weight is 985 g/mol. The second-order valence-electron chi connectivity index (χ2n) is 7.80. The molecule has 0 saturated heterocycles. The van der Waals surface area contributed by atoms with Gasteiger partial charge in [0.2, 0.25) is 24.4 Å². The first-order chi connectivity index (χ1) is 17.3. The zero-order chi connectivity index (χ0) is 32.3. The largest absolute Gasteiger partial charge is 0.237 e. The lowest BCUT2D eigenvalue weighted by Gasteiger charge is -2.44. The molecule has 0 atom stereocenters. The van der Waals surface area contributed by atoms with Gasteiger partial charge >= 0.3 is 0 Å². The summed E-state index contributed by atoms with van der Waals surface area (Å²) in [5, 5.41) is 11.5. The maximum absolute atomic E-state index is 11.5. The van der Waals surface area contributed by atoms with Gasteiger partial charge in [0.25, 0.3) is 0 Å². The third kappa shape index (κ3) is 8.17. The third-order valence-corrected chi connectivity index (χ3v) is 16.9. The molecule has 0 aromatic heterocycles. The van der Waals surface area contributed by atoms with Gasteiger partial charge in [-0.05, 0) is 47.2 Å². The molecule has 0 heterocycles. The summed E-state index contributed by atoms with van der Waals surface area (Å²) in [4.78, 5) is 0. The van der Waals surface area contributed by atoms with Crippen LogP contribution in [0.4, 0.5) is 0 Å². The molecule has 0 fully saturated rings. The number of rotatable bonds is 9. The Morgan fingerprint density at radius 3 is 0.975 bits per heavy atom. The standard InChI is InChI=1S/C18H8Cl21O/c19-10(20,13(25,26)16(31,32)33)6-4-8(11(21,22)14(27,28)17(34,35)36)7(2-1-3-40)9(5-6)12(23,24)15(29,30)18(37,38)39/h4-5H,1-3H2. The summed E-state index contributed by atoms with van der Waals surface area (Å²) < 4.78 is -23.6. The molecule has 0 amide bonds. The predicted octanol–water partition coefficient (Wildman–Crippen LogP) is 14.6. The minimum absolute atomic E-state index is 0.0952. The Morgan fingerprint density at radius 1 is 0.450 bits per heavy atom. The summed E-state index contributed by atoms with van der Waals surface area (Å²) in [5.41, 5.74) is -1.22. The lowest BCUT2D eigenvalue weighted by atomic mass is 9.87. The Bertz CT molecular complexity index is 1000. The van der Waals surface area contributed by atoms with Crippen LogP contribution in [0.25, 0.3) is 0 Å². The van der Waals surface area contributed by atoms with Crippen molar-refractivity contribution >= 4 is 244 Å². The normalized spacial score (nSPS) is 15.6. The highest BCUT2D eigenvalue weighted by atomic mass is 35.6. The van der Waals surface area contributed by atoms with Crippen LogP contribution in [-0.2, 0) is 24.5 Å². The zero-order valence-electron chi connectivity index (χ0n) is 18.1. The van der Waals surface area contributed by atoms with E-state index in [1.54, 1.807) is 0 Å². The van der Waals surface area contributed by atoms with Gasteiger partial charge in [-0.15, -0.1) is 0 Å². The van der Waals surface area contributed by atoms with E-state index in [9.17, 15) is 5.11 Å². The van der Waals surface area contributed by atoms with Crippen LogP contribution in [0, 0.1) is 0 Å². The van der Waals surface area contributed by atoms with Crippen molar-refractivity contribution in [1.82, 2.24) is 0 Å². The molecule has 1 aromatic rings. The molecule has 0 saturated carbocycles. The van der Waals surface area contributed by atoms with Gasteiger partial charge in [-0.1, -0.05) is 244 Å². The van der Waals surface area contributed by atoms with Crippen molar-refractivity contribution in [1.29, 1.82) is 0 Å². The van der Waals surface area contributed by atoms with E-state index in [1.807, 2.05) is 0 Å². The molecule has 0 aliphatic rings. The quantitative estimate of drug-likeness (QED) is 0.220. The van der Waals surface area contributed by atoms with E-state index in [0.29, 0.717) is 0 Å². The molecular weight excluding hydrogens is 977 g/mol. The first-order valence-electron chi connectivity index (χ1n) is 9.52. The average Bonchev–Trinajstić information content (AvgIpc) is 2.74. The minimum Gasteiger partial charge on any atom is -0.237 e. The van der Waals surface area contributed by atoms with E-state index < -0.39 is 44.0 Å². The van der Waals surface area contributed by atoms with Crippen LogP contribution < -0.4 is 0 Å². The van der Waals surface area contributed by atoms with Crippen molar-refractivity contribution in [3.05, 3.63) is 34.4 Å². The first kappa shape index (κ1) is 43.3. The maximum Gasteiger partial charge on any atom is 0.226 e. The molecule has 0 N–H and O–H groups in total. The topological polar surface area (TPSA) is 19.9 Å². The molecule has 233 valence electrons. The number of alkyl halides is 21. The van der Waals surface area contributed by atoms with Crippen LogP contribution >= 0.6 is 244 Å². The number of benzene rings is 1. The minimum atomic E-state index is -2.68. The van der Waals surface area contributed by atoms with Crippen molar-refractivity contribution in [2.45, 2.75) is 50.2 Å². The Hall–Kier alpha value is 5.27. The fraction of sp³-hybridized carbons (Fsp3) is 0.667. The lowest BCUT2D eigenvalue weighted by molar-refractivity contribution is 0.189. The molecule has 1 nitrogen and oxygen atoms in total. The molecule has 40 heavy (non-hydrogen) atoms. The Morgan fingerprint density at radius 2 is 0.725 bits per heavy atom. The predicted molar refractivity (Wildman–Crippen MR) is 185 cm³/mol. The molecule has 1 radical (unpaired) electrons. The van der Waals surface area contributed by atoms with Crippen molar-refractivity contribution in [3.8, 4) is 0 Å². The van der Waals surface area contributed by atoms with Crippen molar-refractivity contribution in [3.63, 3.8) is 0 Å². The molecule has 0 aliphatic carbocycles. The van der Waals surface area contributed by atoms with Gasteiger partial charge in [-0.3, -0.25) is 0 Å². The van der Waals surface area contributed by atoms with Crippen molar-refractivity contribution in [2.75, 3.05) is 6.61 Å². The van der Waals surface area contributed by atoms with Crippen LogP contribution in [0.3, 0.4) is 0 Å². The molecule has 1 rings (SSSR count). The van der Waals surface area contributed by atoms with Crippen LogP contribution in [0.15, 0.2) is 12.1 Å². The second-order valence-corrected chi connectivity index (χ2v) is 22.6. The summed E-state index contributed by atoms with van der Waals surface area (Å²) in [6.07, 6.45) is -0.334. The van der Waals surface area contributed by atoms with Gasteiger partial charge in [0.05, 0.1) is 6.61 Å². The molecule has 0 aliphatic heterocycles. The van der Waals surface area contributed by atoms with Crippen LogP contribution in [-0.4, -0.2) is 31.0 Å². The molecule has 0 bridgehead atoms. The van der Waals surface area contributed by atoms with E-state index in [-0.39, 0.29) is 35.1 Å². The van der Waals surface area contributed by atoms with Gasteiger partial charge in [-0.2, -0.15) is 0 Å². The van der Waals surface area contributed by atoms with Crippen LogP contribution in [0.2, 0.25) is 0 Å². The van der Waals surface area contributed by atoms with Crippen LogP contribution in [0.1, 0.15) is 28.7 Å². The SMILES string of the molecule is [O]CCCc1c(C(Cl)(Cl)C(Cl)(Cl)C(Cl)(Cl)Cl)cc(C(Cl)(Cl)C(Cl)(Cl)C(Cl)(Cl)Cl)cc1C(Cl)(Cl)C(Cl)(Cl)C(Cl)(Cl)Cl. The zero-order valence-corrected chi connectivity index (χ0v) is 34.0.